The highest BCUT2D eigenvalue weighted by molar-refractivity contribution is 5.70. The molecule has 0 radical (unpaired) electrons. The van der Waals surface area contributed by atoms with Gasteiger partial charge in [-0.3, -0.25) is 9.59 Å². The van der Waals surface area contributed by atoms with Crippen molar-refractivity contribution in [1.29, 1.82) is 0 Å². The van der Waals surface area contributed by atoms with E-state index in [1.807, 2.05) is 0 Å². The molecule has 5 nitrogen and oxygen atoms in total. The number of carbonyl (C=O) groups is 2. The van der Waals surface area contributed by atoms with E-state index in [0.29, 0.717) is 12.8 Å². The van der Waals surface area contributed by atoms with Crippen LogP contribution in [0.1, 0.15) is 104 Å². The SMILES string of the molecule is CCCCCCCCCC(=O)O[C@H](CO)COC(=O)CCCCCCC. The fourth-order valence-corrected chi connectivity index (χ4v) is 2.73. The van der Waals surface area contributed by atoms with E-state index < -0.39 is 6.10 Å². The van der Waals surface area contributed by atoms with Crippen LogP contribution in [0, 0.1) is 0 Å². The molecule has 0 aromatic rings. The highest BCUT2D eigenvalue weighted by atomic mass is 16.6. The van der Waals surface area contributed by atoms with E-state index in [1.54, 1.807) is 0 Å². The van der Waals surface area contributed by atoms with Gasteiger partial charge in [-0.05, 0) is 12.8 Å². The molecule has 0 aliphatic rings. The van der Waals surface area contributed by atoms with E-state index >= 15 is 0 Å². The summed E-state index contributed by atoms with van der Waals surface area (Å²) in [7, 11) is 0. The fourth-order valence-electron chi connectivity index (χ4n) is 2.73. The van der Waals surface area contributed by atoms with Gasteiger partial charge in [-0.2, -0.15) is 0 Å². The zero-order chi connectivity index (χ0) is 19.5. The second-order valence-corrected chi connectivity index (χ2v) is 7.01. The lowest BCUT2D eigenvalue weighted by molar-refractivity contribution is -0.161. The van der Waals surface area contributed by atoms with Crippen molar-refractivity contribution in [1.82, 2.24) is 0 Å². The maximum atomic E-state index is 11.8. The first-order chi connectivity index (χ1) is 12.6. The monoisotopic (exact) mass is 372 g/mol. The van der Waals surface area contributed by atoms with Crippen LogP contribution in [0.15, 0.2) is 0 Å². The molecule has 0 heterocycles. The van der Waals surface area contributed by atoms with Crippen LogP contribution in [0.3, 0.4) is 0 Å². The fraction of sp³-hybridized carbons (Fsp3) is 0.905. The van der Waals surface area contributed by atoms with Crippen LogP contribution in [0.5, 0.6) is 0 Å². The maximum Gasteiger partial charge on any atom is 0.306 e. The number of aliphatic hydroxyl groups is 1. The minimum atomic E-state index is -0.754. The van der Waals surface area contributed by atoms with Crippen molar-refractivity contribution in [2.75, 3.05) is 13.2 Å². The lowest BCUT2D eigenvalue weighted by Crippen LogP contribution is -2.28. The molecule has 154 valence electrons. The second-order valence-electron chi connectivity index (χ2n) is 7.01. The van der Waals surface area contributed by atoms with E-state index in [4.69, 9.17) is 9.47 Å². The van der Waals surface area contributed by atoms with Crippen molar-refractivity contribution in [3.63, 3.8) is 0 Å². The van der Waals surface area contributed by atoms with Crippen LogP contribution in [-0.2, 0) is 19.1 Å². The van der Waals surface area contributed by atoms with Crippen LogP contribution < -0.4 is 0 Å². The normalized spacial score (nSPS) is 12.0. The first-order valence-electron chi connectivity index (χ1n) is 10.6. The van der Waals surface area contributed by atoms with Gasteiger partial charge in [0.15, 0.2) is 6.10 Å². The molecule has 0 aromatic carbocycles. The zero-order valence-corrected chi connectivity index (χ0v) is 17.0. The quantitative estimate of drug-likeness (QED) is 0.273. The lowest BCUT2D eigenvalue weighted by atomic mass is 10.1. The standard InChI is InChI=1S/C21H40O5/c1-3-5-7-9-10-12-14-16-21(24)26-19(17-22)18-25-20(23)15-13-11-8-6-4-2/h19,22H,3-18H2,1-2H3/t19-/m1/s1. The summed E-state index contributed by atoms with van der Waals surface area (Å²) >= 11 is 0. The van der Waals surface area contributed by atoms with Gasteiger partial charge in [0.2, 0.25) is 0 Å². The van der Waals surface area contributed by atoms with Crippen molar-refractivity contribution < 1.29 is 24.2 Å². The number of hydrogen-bond acceptors (Lipinski definition) is 5. The predicted octanol–water partition coefficient (Wildman–Crippen LogP) is 4.93. The van der Waals surface area contributed by atoms with Gasteiger partial charge in [0, 0.05) is 12.8 Å². The number of unbranched alkanes of at least 4 members (excludes halogenated alkanes) is 10. The Morgan fingerprint density at radius 3 is 1.69 bits per heavy atom. The Labute approximate surface area is 159 Å². The number of aliphatic hydroxyl groups excluding tert-OH is 1. The molecule has 0 aliphatic heterocycles. The lowest BCUT2D eigenvalue weighted by Gasteiger charge is -2.15. The number of esters is 2. The van der Waals surface area contributed by atoms with Crippen LogP contribution >= 0.6 is 0 Å². The third-order valence-electron chi connectivity index (χ3n) is 4.40. The Bertz CT molecular complexity index is 343. The van der Waals surface area contributed by atoms with Crippen molar-refractivity contribution in [2.45, 2.75) is 110 Å². The molecule has 5 heteroatoms. The molecule has 0 saturated carbocycles. The van der Waals surface area contributed by atoms with Crippen LogP contribution in [0.4, 0.5) is 0 Å². The van der Waals surface area contributed by atoms with Crippen molar-refractivity contribution >= 4 is 11.9 Å². The molecule has 0 aliphatic carbocycles. The minimum Gasteiger partial charge on any atom is -0.462 e. The average Bonchev–Trinajstić information content (AvgIpc) is 2.64. The van der Waals surface area contributed by atoms with E-state index in [1.165, 1.54) is 38.5 Å². The van der Waals surface area contributed by atoms with Crippen molar-refractivity contribution in [2.24, 2.45) is 0 Å². The summed E-state index contributed by atoms with van der Waals surface area (Å²) in [6, 6.07) is 0. The Morgan fingerprint density at radius 2 is 1.19 bits per heavy atom. The molecule has 26 heavy (non-hydrogen) atoms. The summed E-state index contributed by atoms with van der Waals surface area (Å²) in [5.74, 6) is -0.615. The average molecular weight is 373 g/mol. The Morgan fingerprint density at radius 1 is 0.731 bits per heavy atom. The summed E-state index contributed by atoms with van der Waals surface area (Å²) in [4.78, 5) is 23.4. The summed E-state index contributed by atoms with van der Waals surface area (Å²) in [6.07, 6.45) is 13.3. The van der Waals surface area contributed by atoms with Gasteiger partial charge in [-0.15, -0.1) is 0 Å². The molecule has 0 amide bonds. The zero-order valence-electron chi connectivity index (χ0n) is 17.0. The van der Waals surface area contributed by atoms with E-state index in [-0.39, 0.29) is 25.2 Å². The number of rotatable bonds is 18. The van der Waals surface area contributed by atoms with Gasteiger partial charge in [0.05, 0.1) is 6.61 Å². The summed E-state index contributed by atoms with van der Waals surface area (Å²) < 4.78 is 10.3. The molecule has 0 unspecified atom stereocenters. The highest BCUT2D eigenvalue weighted by Crippen LogP contribution is 2.10. The Balaban J connectivity index is 3.69. The molecule has 0 rings (SSSR count). The van der Waals surface area contributed by atoms with Crippen molar-refractivity contribution in [3.8, 4) is 0 Å². The van der Waals surface area contributed by atoms with Gasteiger partial charge in [0.1, 0.15) is 6.61 Å². The van der Waals surface area contributed by atoms with Gasteiger partial charge >= 0.3 is 11.9 Å². The number of carbonyl (C=O) groups excluding carboxylic acids is 2. The smallest absolute Gasteiger partial charge is 0.306 e. The molecular weight excluding hydrogens is 332 g/mol. The van der Waals surface area contributed by atoms with Gasteiger partial charge in [-0.25, -0.2) is 0 Å². The molecule has 1 N–H and O–H groups in total. The summed E-state index contributed by atoms with van der Waals surface area (Å²) in [5.41, 5.74) is 0. The summed E-state index contributed by atoms with van der Waals surface area (Å²) in [5, 5.41) is 9.28. The number of ether oxygens (including phenoxy) is 2. The van der Waals surface area contributed by atoms with Crippen molar-refractivity contribution in [3.05, 3.63) is 0 Å². The third kappa shape index (κ3) is 16.4. The molecule has 0 fully saturated rings. The van der Waals surface area contributed by atoms with E-state index in [0.717, 1.165) is 38.5 Å². The minimum absolute atomic E-state index is 0.0624. The third-order valence-corrected chi connectivity index (χ3v) is 4.40. The first kappa shape index (κ1) is 24.9. The predicted molar refractivity (Wildman–Crippen MR) is 104 cm³/mol. The molecule has 1 atom stereocenters. The van der Waals surface area contributed by atoms with Crippen LogP contribution in [0.25, 0.3) is 0 Å². The molecule has 0 bridgehead atoms. The molecule has 0 aromatic heterocycles. The number of hydrogen-bond donors (Lipinski definition) is 1. The van der Waals surface area contributed by atoms with E-state index in [2.05, 4.69) is 13.8 Å². The highest BCUT2D eigenvalue weighted by Gasteiger charge is 2.15. The topological polar surface area (TPSA) is 72.8 Å². The van der Waals surface area contributed by atoms with Gasteiger partial charge < -0.3 is 14.6 Å². The van der Waals surface area contributed by atoms with Crippen LogP contribution in [0.2, 0.25) is 0 Å². The van der Waals surface area contributed by atoms with E-state index in [9.17, 15) is 14.7 Å². The molecule has 0 saturated heterocycles. The molecular formula is C21H40O5. The first-order valence-corrected chi connectivity index (χ1v) is 10.6. The largest absolute Gasteiger partial charge is 0.462 e. The maximum absolute atomic E-state index is 11.8. The Kier molecular flexibility index (Phi) is 17.9. The Hall–Kier alpha value is -1.10. The summed E-state index contributed by atoms with van der Waals surface area (Å²) in [6.45, 7) is 3.95. The van der Waals surface area contributed by atoms with Gasteiger partial charge in [-0.1, -0.05) is 78.1 Å². The van der Waals surface area contributed by atoms with Gasteiger partial charge in [0.25, 0.3) is 0 Å². The molecule has 0 spiro atoms. The second kappa shape index (κ2) is 18.7. The van der Waals surface area contributed by atoms with Crippen LogP contribution in [-0.4, -0.2) is 36.4 Å².